The number of fused-ring (bicyclic) bond motifs is 1. The van der Waals surface area contributed by atoms with Gasteiger partial charge in [0.1, 0.15) is 11.0 Å². The highest BCUT2D eigenvalue weighted by Crippen LogP contribution is 2.08. The van der Waals surface area contributed by atoms with Gasteiger partial charge in [0.05, 0.1) is 0 Å². The molecule has 0 N–H and O–H groups in total. The van der Waals surface area contributed by atoms with E-state index in [4.69, 9.17) is 0 Å². The Morgan fingerprint density at radius 1 is 1.46 bits per heavy atom. The van der Waals surface area contributed by atoms with Gasteiger partial charge in [0, 0.05) is 7.05 Å². The van der Waals surface area contributed by atoms with Gasteiger partial charge in [0.15, 0.2) is 0 Å². The van der Waals surface area contributed by atoms with E-state index in [-0.39, 0.29) is 0 Å². The van der Waals surface area contributed by atoms with Crippen molar-refractivity contribution in [1.29, 1.82) is 0 Å². The predicted molar refractivity (Wildman–Crippen MR) is 47.4 cm³/mol. The molecule has 2 aromatic rings. The molecule has 1 heterocycles. The molecule has 0 saturated carbocycles. The number of hydrogen-bond acceptors (Lipinski definition) is 3. The Labute approximate surface area is 74.5 Å². The number of para-hydroxylation sites is 1. The Balaban J connectivity index is 2.64. The zero-order valence-corrected chi connectivity index (χ0v) is 7.01. The minimum absolute atomic E-state index is 0.754. The Hall–Kier alpha value is -1.91. The molecule has 2 rings (SSSR count). The normalized spacial score (nSPS) is 10.2. The molecule has 1 aromatic heterocycles. The highest BCUT2D eigenvalue weighted by molar-refractivity contribution is 5.76. The van der Waals surface area contributed by atoms with Gasteiger partial charge < -0.3 is 0 Å². The van der Waals surface area contributed by atoms with Crippen molar-refractivity contribution in [2.45, 2.75) is 0 Å². The Kier molecular flexibility index (Phi) is 1.70. The van der Waals surface area contributed by atoms with E-state index in [0.717, 1.165) is 11.0 Å². The lowest BCUT2D eigenvalue weighted by Gasteiger charge is -2.07. The molecule has 5 nitrogen and oxygen atoms in total. The van der Waals surface area contributed by atoms with E-state index in [1.54, 1.807) is 13.5 Å². The maximum absolute atomic E-state index is 10.4. The van der Waals surface area contributed by atoms with E-state index in [9.17, 15) is 4.79 Å². The van der Waals surface area contributed by atoms with Gasteiger partial charge in [-0.1, -0.05) is 12.1 Å². The van der Waals surface area contributed by atoms with Gasteiger partial charge in [-0.2, -0.15) is 0 Å². The maximum Gasteiger partial charge on any atom is 0.333 e. The number of aromatic nitrogens is 3. The number of benzene rings is 1. The Morgan fingerprint density at radius 3 is 3.00 bits per heavy atom. The summed E-state index contributed by atoms with van der Waals surface area (Å²) in [5.74, 6) is 0. The quantitative estimate of drug-likeness (QED) is 0.607. The molecule has 0 saturated heterocycles. The van der Waals surface area contributed by atoms with Crippen LogP contribution in [0.1, 0.15) is 0 Å². The molecule has 0 bridgehead atoms. The van der Waals surface area contributed by atoms with E-state index < -0.39 is 0 Å². The molecular weight excluding hydrogens is 168 g/mol. The molecule has 13 heavy (non-hydrogen) atoms. The predicted octanol–water partition coefficient (Wildman–Crippen LogP) is 0.0663. The zero-order chi connectivity index (χ0) is 9.26. The fourth-order valence-corrected chi connectivity index (χ4v) is 1.12. The fourth-order valence-electron chi connectivity index (χ4n) is 1.12. The van der Waals surface area contributed by atoms with E-state index >= 15 is 0 Å². The summed E-state index contributed by atoms with van der Waals surface area (Å²) < 4.78 is 0. The van der Waals surface area contributed by atoms with Gasteiger partial charge in [0.2, 0.25) is 0 Å². The minimum Gasteiger partial charge on any atom is -0.261 e. The number of carbonyl (C=O) groups excluding carboxylic acids is 1. The molecular formula is C8H7N4O. The molecule has 0 aliphatic heterocycles. The van der Waals surface area contributed by atoms with Crippen LogP contribution in [0.25, 0.3) is 11.0 Å². The summed E-state index contributed by atoms with van der Waals surface area (Å²) in [6.07, 6.45) is 1.70. The van der Waals surface area contributed by atoms with Crippen LogP contribution in [0.3, 0.4) is 0 Å². The summed E-state index contributed by atoms with van der Waals surface area (Å²) in [4.78, 5) is 11.8. The third kappa shape index (κ3) is 1.14. The van der Waals surface area contributed by atoms with Crippen LogP contribution in [-0.2, 0) is 4.79 Å². The molecule has 1 aromatic carbocycles. The maximum atomic E-state index is 10.4. The van der Waals surface area contributed by atoms with Crippen molar-refractivity contribution in [3.8, 4) is 0 Å². The summed E-state index contributed by atoms with van der Waals surface area (Å²) in [5, 5.41) is 8.88. The van der Waals surface area contributed by atoms with Crippen molar-refractivity contribution in [2.24, 2.45) is 0 Å². The van der Waals surface area contributed by atoms with Crippen LogP contribution in [0.15, 0.2) is 24.3 Å². The third-order valence-electron chi connectivity index (χ3n) is 1.75. The molecule has 5 heteroatoms. The van der Waals surface area contributed by atoms with Crippen LogP contribution < -0.4 is 5.01 Å². The van der Waals surface area contributed by atoms with Crippen molar-refractivity contribution in [3.05, 3.63) is 24.3 Å². The Morgan fingerprint density at radius 2 is 2.23 bits per heavy atom. The lowest BCUT2D eigenvalue weighted by Crippen LogP contribution is -2.29. The van der Waals surface area contributed by atoms with Crippen molar-refractivity contribution in [1.82, 2.24) is 15.1 Å². The molecule has 0 spiro atoms. The lowest BCUT2D eigenvalue weighted by atomic mass is 10.3. The summed E-state index contributed by atoms with van der Waals surface area (Å²) in [6.45, 7) is 0. The van der Waals surface area contributed by atoms with Crippen molar-refractivity contribution < 1.29 is 4.79 Å². The van der Waals surface area contributed by atoms with Gasteiger partial charge in [-0.3, -0.25) is 4.79 Å². The summed E-state index contributed by atoms with van der Waals surface area (Å²) in [5.41, 5.74) is 1.54. The average Bonchev–Trinajstić information content (AvgIpc) is 2.60. The lowest BCUT2D eigenvalue weighted by molar-refractivity contribution is 0.531. The molecule has 0 fully saturated rings. The number of rotatable bonds is 2. The highest BCUT2D eigenvalue weighted by atomic mass is 16.1. The van der Waals surface area contributed by atoms with Gasteiger partial charge in [-0.05, 0) is 17.3 Å². The summed E-state index contributed by atoms with van der Waals surface area (Å²) >= 11 is 0. The molecule has 1 radical (unpaired) electrons. The highest BCUT2D eigenvalue weighted by Gasteiger charge is 2.06. The van der Waals surface area contributed by atoms with Crippen LogP contribution in [0, 0.1) is 0 Å². The standard InChI is InChI=1S/C8H7N4O/c1-11(6-13)12-8-5-3-2-4-7(8)9-10-12/h2-5H,1H3. The average molecular weight is 175 g/mol. The SMILES string of the molecule is CN([C]=O)n1nnc2ccccc21. The van der Waals surface area contributed by atoms with E-state index in [1.807, 2.05) is 24.3 Å². The zero-order valence-electron chi connectivity index (χ0n) is 7.01. The number of nitrogens with zero attached hydrogens (tertiary/aromatic N) is 4. The van der Waals surface area contributed by atoms with Gasteiger partial charge in [0.25, 0.3) is 0 Å². The molecule has 0 aliphatic carbocycles. The van der Waals surface area contributed by atoms with Gasteiger partial charge >= 0.3 is 6.41 Å². The molecule has 1 amide bonds. The first-order valence-electron chi connectivity index (χ1n) is 3.75. The topological polar surface area (TPSA) is 51.0 Å². The van der Waals surface area contributed by atoms with Crippen LogP contribution >= 0.6 is 0 Å². The summed E-state index contributed by atoms with van der Waals surface area (Å²) in [6, 6.07) is 7.40. The Bertz CT molecular complexity index is 436. The molecule has 0 aliphatic rings. The smallest absolute Gasteiger partial charge is 0.261 e. The van der Waals surface area contributed by atoms with E-state index in [0.29, 0.717) is 0 Å². The van der Waals surface area contributed by atoms with E-state index in [1.165, 1.54) is 9.80 Å². The van der Waals surface area contributed by atoms with Gasteiger partial charge in [-0.15, -0.1) is 9.89 Å². The largest absolute Gasteiger partial charge is 0.333 e. The monoisotopic (exact) mass is 175 g/mol. The number of hydrogen-bond donors (Lipinski definition) is 0. The van der Waals surface area contributed by atoms with Gasteiger partial charge in [-0.25, -0.2) is 5.01 Å². The number of amides is 1. The molecule has 0 atom stereocenters. The second kappa shape index (κ2) is 2.85. The first-order valence-corrected chi connectivity index (χ1v) is 3.75. The third-order valence-corrected chi connectivity index (χ3v) is 1.75. The molecule has 65 valence electrons. The fraction of sp³-hybridized carbons (Fsp3) is 0.125. The first-order chi connectivity index (χ1) is 6.33. The minimum atomic E-state index is 0.754. The molecule has 0 unspecified atom stereocenters. The van der Waals surface area contributed by atoms with Crippen molar-refractivity contribution >= 4 is 17.4 Å². The van der Waals surface area contributed by atoms with E-state index in [2.05, 4.69) is 10.3 Å². The van der Waals surface area contributed by atoms with Crippen LogP contribution in [-0.4, -0.2) is 28.6 Å². The second-order valence-corrected chi connectivity index (χ2v) is 2.58. The van der Waals surface area contributed by atoms with Crippen molar-refractivity contribution in [3.63, 3.8) is 0 Å². The van der Waals surface area contributed by atoms with Crippen molar-refractivity contribution in [2.75, 3.05) is 12.1 Å². The summed E-state index contributed by atoms with van der Waals surface area (Å²) in [7, 11) is 1.56. The van der Waals surface area contributed by atoms with Crippen LogP contribution in [0.4, 0.5) is 0 Å². The van der Waals surface area contributed by atoms with Crippen LogP contribution in [0.5, 0.6) is 0 Å². The first kappa shape index (κ1) is 7.72. The van der Waals surface area contributed by atoms with Crippen LogP contribution in [0.2, 0.25) is 0 Å². The second-order valence-electron chi connectivity index (χ2n) is 2.58.